The fraction of sp³-hybridized carbons (Fsp3) is 0.500. The van der Waals surface area contributed by atoms with Gasteiger partial charge in [0.15, 0.2) is 5.69 Å². The Balaban J connectivity index is 2.57. The molecule has 0 aliphatic carbocycles. The second kappa shape index (κ2) is 6.69. The summed E-state index contributed by atoms with van der Waals surface area (Å²) in [7, 11) is 1.42. The van der Waals surface area contributed by atoms with Gasteiger partial charge in [-0.05, 0) is 5.92 Å². The first kappa shape index (κ1) is 15.7. The van der Waals surface area contributed by atoms with Gasteiger partial charge in [0.25, 0.3) is 5.91 Å². The molecule has 1 aromatic heterocycles. The molecular formula is C12H17N3O5. The molecule has 0 saturated heterocycles. The van der Waals surface area contributed by atoms with E-state index in [9.17, 15) is 14.4 Å². The lowest BCUT2D eigenvalue weighted by Gasteiger charge is -2.15. The second-order valence-electron chi connectivity index (χ2n) is 4.74. The molecule has 1 rings (SSSR count). The molecule has 8 nitrogen and oxygen atoms in total. The number of carboxylic acid groups (broad SMARTS) is 1. The molecule has 0 aliphatic rings. The van der Waals surface area contributed by atoms with Gasteiger partial charge in [-0.25, -0.2) is 4.79 Å². The molecule has 0 atom stereocenters. The highest BCUT2D eigenvalue weighted by Crippen LogP contribution is 2.06. The molecule has 2 amide bonds. The molecule has 0 fully saturated rings. The van der Waals surface area contributed by atoms with Crippen LogP contribution in [0.1, 0.15) is 34.9 Å². The highest BCUT2D eigenvalue weighted by Gasteiger charge is 2.21. The number of hydrogen-bond donors (Lipinski definition) is 2. The average molecular weight is 283 g/mol. The van der Waals surface area contributed by atoms with Gasteiger partial charge in [-0.15, -0.1) is 0 Å². The SMILES string of the molecule is CC(C)CNC(=O)CN(C)C(=O)c1cc(C(=O)O)on1. The van der Waals surface area contributed by atoms with Gasteiger partial charge in [0.2, 0.25) is 11.7 Å². The Morgan fingerprint density at radius 3 is 2.60 bits per heavy atom. The van der Waals surface area contributed by atoms with Crippen molar-refractivity contribution < 1.29 is 24.0 Å². The number of aromatic nitrogens is 1. The summed E-state index contributed by atoms with van der Waals surface area (Å²) in [5.74, 6) is -2.30. The summed E-state index contributed by atoms with van der Waals surface area (Å²) in [6.07, 6.45) is 0. The maximum absolute atomic E-state index is 11.9. The zero-order valence-corrected chi connectivity index (χ0v) is 11.5. The van der Waals surface area contributed by atoms with Crippen LogP contribution in [0.25, 0.3) is 0 Å². The van der Waals surface area contributed by atoms with Crippen molar-refractivity contribution in [3.63, 3.8) is 0 Å². The van der Waals surface area contributed by atoms with Crippen LogP contribution < -0.4 is 5.32 Å². The minimum absolute atomic E-state index is 0.138. The van der Waals surface area contributed by atoms with Crippen molar-refractivity contribution in [2.24, 2.45) is 5.92 Å². The molecule has 0 aromatic carbocycles. The van der Waals surface area contributed by atoms with E-state index in [1.807, 2.05) is 13.8 Å². The van der Waals surface area contributed by atoms with Crippen LogP contribution in [0.15, 0.2) is 10.6 Å². The third-order valence-electron chi connectivity index (χ3n) is 2.38. The van der Waals surface area contributed by atoms with Crippen LogP contribution in [0.4, 0.5) is 0 Å². The smallest absolute Gasteiger partial charge is 0.374 e. The first-order chi connectivity index (χ1) is 9.31. The predicted octanol–water partition coefficient (Wildman–Crippen LogP) is 0.217. The zero-order valence-electron chi connectivity index (χ0n) is 11.5. The Kier molecular flexibility index (Phi) is 5.24. The van der Waals surface area contributed by atoms with E-state index in [4.69, 9.17) is 5.11 Å². The quantitative estimate of drug-likeness (QED) is 0.772. The number of aromatic carboxylic acids is 1. The van der Waals surface area contributed by atoms with Crippen molar-refractivity contribution in [3.05, 3.63) is 17.5 Å². The predicted molar refractivity (Wildman–Crippen MR) is 68.3 cm³/mol. The number of amides is 2. The number of nitrogens with zero attached hydrogens (tertiary/aromatic N) is 2. The van der Waals surface area contributed by atoms with Gasteiger partial charge in [0, 0.05) is 19.7 Å². The van der Waals surface area contributed by atoms with E-state index in [-0.39, 0.29) is 18.1 Å². The van der Waals surface area contributed by atoms with E-state index < -0.39 is 17.6 Å². The molecule has 0 spiro atoms. The molecule has 1 aromatic rings. The summed E-state index contributed by atoms with van der Waals surface area (Å²) in [4.78, 5) is 35.2. The summed E-state index contributed by atoms with van der Waals surface area (Å²) in [6, 6.07) is 1.02. The Labute approximate surface area is 115 Å². The van der Waals surface area contributed by atoms with Crippen LogP contribution in [-0.4, -0.2) is 53.1 Å². The highest BCUT2D eigenvalue weighted by atomic mass is 16.5. The Hall–Kier alpha value is -2.38. The lowest BCUT2D eigenvalue weighted by atomic mass is 10.2. The normalized spacial score (nSPS) is 10.4. The van der Waals surface area contributed by atoms with Crippen LogP contribution in [0, 0.1) is 5.92 Å². The van der Waals surface area contributed by atoms with E-state index in [0.29, 0.717) is 12.5 Å². The van der Waals surface area contributed by atoms with Gasteiger partial charge in [0.1, 0.15) is 0 Å². The van der Waals surface area contributed by atoms with E-state index in [1.165, 1.54) is 7.05 Å². The summed E-state index contributed by atoms with van der Waals surface area (Å²) < 4.78 is 4.48. The van der Waals surface area contributed by atoms with E-state index in [1.54, 1.807) is 0 Å². The summed E-state index contributed by atoms with van der Waals surface area (Å²) in [5, 5.41) is 14.7. The van der Waals surface area contributed by atoms with Crippen LogP contribution in [-0.2, 0) is 4.79 Å². The molecule has 0 bridgehead atoms. The molecule has 0 radical (unpaired) electrons. The average Bonchev–Trinajstić information content (AvgIpc) is 2.85. The first-order valence-corrected chi connectivity index (χ1v) is 6.03. The molecule has 20 heavy (non-hydrogen) atoms. The maximum Gasteiger partial charge on any atom is 0.374 e. The third-order valence-corrected chi connectivity index (χ3v) is 2.38. The molecule has 0 unspecified atom stereocenters. The van der Waals surface area contributed by atoms with Crippen molar-refractivity contribution in [1.29, 1.82) is 0 Å². The Morgan fingerprint density at radius 2 is 2.10 bits per heavy atom. The van der Waals surface area contributed by atoms with Gasteiger partial charge in [-0.3, -0.25) is 9.59 Å². The number of rotatable bonds is 6. The van der Waals surface area contributed by atoms with Crippen molar-refractivity contribution >= 4 is 17.8 Å². The standard InChI is InChI=1S/C12H17N3O5/c1-7(2)5-13-10(16)6-15(3)11(17)8-4-9(12(18)19)20-14-8/h4,7H,5-6H2,1-3H3,(H,13,16)(H,18,19). The number of carbonyl (C=O) groups excluding carboxylic acids is 2. The number of carboxylic acids is 1. The van der Waals surface area contributed by atoms with Gasteiger partial charge < -0.3 is 19.8 Å². The minimum atomic E-state index is -1.31. The summed E-state index contributed by atoms with van der Waals surface area (Å²) in [5.41, 5.74) is -0.151. The lowest BCUT2D eigenvalue weighted by Crippen LogP contribution is -2.39. The van der Waals surface area contributed by atoms with Crippen LogP contribution in [0.3, 0.4) is 0 Å². The fourth-order valence-corrected chi connectivity index (χ4v) is 1.33. The first-order valence-electron chi connectivity index (χ1n) is 6.03. The molecular weight excluding hydrogens is 266 g/mol. The van der Waals surface area contributed by atoms with Crippen LogP contribution in [0.5, 0.6) is 0 Å². The van der Waals surface area contributed by atoms with E-state index in [2.05, 4.69) is 15.0 Å². The van der Waals surface area contributed by atoms with E-state index in [0.717, 1.165) is 11.0 Å². The van der Waals surface area contributed by atoms with Gasteiger partial charge in [-0.1, -0.05) is 19.0 Å². The Morgan fingerprint density at radius 1 is 1.45 bits per heavy atom. The van der Waals surface area contributed by atoms with Gasteiger partial charge in [-0.2, -0.15) is 0 Å². The van der Waals surface area contributed by atoms with Crippen molar-refractivity contribution in [2.75, 3.05) is 20.1 Å². The van der Waals surface area contributed by atoms with Crippen LogP contribution in [0.2, 0.25) is 0 Å². The highest BCUT2D eigenvalue weighted by molar-refractivity contribution is 5.96. The monoisotopic (exact) mass is 283 g/mol. The Bertz CT molecular complexity index is 509. The lowest BCUT2D eigenvalue weighted by molar-refractivity contribution is -0.121. The zero-order chi connectivity index (χ0) is 15.3. The van der Waals surface area contributed by atoms with E-state index >= 15 is 0 Å². The number of hydrogen-bond acceptors (Lipinski definition) is 5. The van der Waals surface area contributed by atoms with Gasteiger partial charge >= 0.3 is 5.97 Å². The summed E-state index contributed by atoms with van der Waals surface area (Å²) in [6.45, 7) is 4.30. The molecule has 0 aliphatic heterocycles. The topological polar surface area (TPSA) is 113 Å². The van der Waals surface area contributed by atoms with Crippen molar-refractivity contribution in [2.45, 2.75) is 13.8 Å². The molecule has 8 heteroatoms. The molecule has 0 saturated carbocycles. The van der Waals surface area contributed by atoms with Crippen molar-refractivity contribution in [1.82, 2.24) is 15.4 Å². The third kappa shape index (κ3) is 4.38. The fourth-order valence-electron chi connectivity index (χ4n) is 1.33. The summed E-state index contributed by atoms with van der Waals surface area (Å²) >= 11 is 0. The molecule has 110 valence electrons. The number of likely N-dealkylation sites (N-methyl/N-ethyl adjacent to an activating group) is 1. The number of carbonyl (C=O) groups is 3. The minimum Gasteiger partial charge on any atom is -0.475 e. The number of nitrogens with one attached hydrogen (secondary N) is 1. The second-order valence-corrected chi connectivity index (χ2v) is 4.74. The largest absolute Gasteiger partial charge is 0.475 e. The van der Waals surface area contributed by atoms with Gasteiger partial charge in [0.05, 0.1) is 6.54 Å². The van der Waals surface area contributed by atoms with Crippen molar-refractivity contribution in [3.8, 4) is 0 Å². The molecule has 2 N–H and O–H groups in total. The van der Waals surface area contributed by atoms with Crippen LogP contribution >= 0.6 is 0 Å². The molecule has 1 heterocycles. The maximum atomic E-state index is 11.9.